The average molecular weight is 413 g/mol. The fourth-order valence-corrected chi connectivity index (χ4v) is 3.62. The fourth-order valence-electron chi connectivity index (χ4n) is 3.62. The van der Waals surface area contributed by atoms with Crippen LogP contribution in [0, 0.1) is 20.8 Å². The molecule has 1 amide bonds. The Morgan fingerprint density at radius 2 is 1.74 bits per heavy atom. The van der Waals surface area contributed by atoms with Gasteiger partial charge in [-0.3, -0.25) is 9.59 Å². The van der Waals surface area contributed by atoms with Gasteiger partial charge in [0.1, 0.15) is 11.8 Å². The zero-order valence-electron chi connectivity index (χ0n) is 17.9. The van der Waals surface area contributed by atoms with Crippen molar-refractivity contribution in [3.63, 3.8) is 0 Å². The van der Waals surface area contributed by atoms with E-state index in [0.717, 1.165) is 22.4 Å². The highest BCUT2D eigenvalue weighted by molar-refractivity contribution is 6.12. The number of benzene rings is 2. The van der Waals surface area contributed by atoms with Crippen LogP contribution in [0.2, 0.25) is 0 Å². The second kappa shape index (κ2) is 8.02. The van der Waals surface area contributed by atoms with Crippen molar-refractivity contribution in [2.75, 3.05) is 12.4 Å². The number of hydrogen-bond acceptors (Lipinski definition) is 5. The van der Waals surface area contributed by atoms with Gasteiger partial charge in [-0.1, -0.05) is 30.3 Å². The van der Waals surface area contributed by atoms with Crippen LogP contribution in [0.15, 0.2) is 55.0 Å². The van der Waals surface area contributed by atoms with Crippen LogP contribution in [-0.4, -0.2) is 33.3 Å². The second-order valence-electron chi connectivity index (χ2n) is 7.45. The van der Waals surface area contributed by atoms with E-state index in [2.05, 4.69) is 20.7 Å². The molecule has 2 aromatic carbocycles. The summed E-state index contributed by atoms with van der Waals surface area (Å²) in [5, 5.41) is 10.2. The quantitative estimate of drug-likeness (QED) is 0.483. The molecule has 7 heteroatoms. The van der Waals surface area contributed by atoms with E-state index in [1.54, 1.807) is 29.9 Å². The molecule has 0 atom stereocenters. The third-order valence-electron chi connectivity index (χ3n) is 5.44. The van der Waals surface area contributed by atoms with Crippen molar-refractivity contribution in [3.05, 3.63) is 88.4 Å². The van der Waals surface area contributed by atoms with Crippen LogP contribution in [-0.2, 0) is 0 Å². The van der Waals surface area contributed by atoms with Crippen molar-refractivity contribution in [2.24, 2.45) is 0 Å². The molecule has 4 aromatic rings. The van der Waals surface area contributed by atoms with E-state index in [4.69, 9.17) is 0 Å². The average Bonchev–Trinajstić information content (AvgIpc) is 3.12. The Bertz CT molecular complexity index is 1320. The van der Waals surface area contributed by atoms with Crippen LogP contribution in [0.25, 0.3) is 5.52 Å². The molecule has 4 rings (SSSR count). The fraction of sp³-hybridized carbons (Fsp3) is 0.167. The molecule has 0 aliphatic rings. The summed E-state index contributed by atoms with van der Waals surface area (Å²) in [6, 6.07) is 13.0. The summed E-state index contributed by atoms with van der Waals surface area (Å²) in [6.07, 6.45) is 3.18. The van der Waals surface area contributed by atoms with Crippen LogP contribution in [0.5, 0.6) is 0 Å². The van der Waals surface area contributed by atoms with Gasteiger partial charge < -0.3 is 10.6 Å². The van der Waals surface area contributed by atoms with Crippen LogP contribution < -0.4 is 10.6 Å². The molecule has 0 unspecified atom stereocenters. The van der Waals surface area contributed by atoms with E-state index in [1.165, 1.54) is 6.33 Å². The Morgan fingerprint density at radius 1 is 0.968 bits per heavy atom. The number of aromatic nitrogens is 3. The first kappa shape index (κ1) is 20.3. The van der Waals surface area contributed by atoms with E-state index in [9.17, 15) is 9.59 Å². The third-order valence-corrected chi connectivity index (χ3v) is 5.44. The van der Waals surface area contributed by atoms with Crippen molar-refractivity contribution in [2.45, 2.75) is 20.8 Å². The van der Waals surface area contributed by atoms with E-state index in [0.29, 0.717) is 28.0 Å². The number of anilines is 2. The lowest BCUT2D eigenvalue weighted by Crippen LogP contribution is -2.17. The number of nitrogens with zero attached hydrogens (tertiary/aromatic N) is 3. The van der Waals surface area contributed by atoms with Crippen LogP contribution >= 0.6 is 0 Å². The number of nitrogens with one attached hydrogen (secondary N) is 2. The molecule has 0 radical (unpaired) electrons. The summed E-state index contributed by atoms with van der Waals surface area (Å²) in [5.74, 6) is 0.346. The first-order valence-electron chi connectivity index (χ1n) is 9.93. The molecule has 2 aromatic heterocycles. The molecule has 2 heterocycles. The Morgan fingerprint density at radius 3 is 2.48 bits per heavy atom. The van der Waals surface area contributed by atoms with Gasteiger partial charge in [0, 0.05) is 35.6 Å². The molecule has 0 fully saturated rings. The number of ketones is 1. The minimum absolute atomic E-state index is 0.0511. The summed E-state index contributed by atoms with van der Waals surface area (Å²) in [6.45, 7) is 5.77. The van der Waals surface area contributed by atoms with E-state index in [1.807, 2.05) is 51.1 Å². The minimum Gasteiger partial charge on any atom is -0.355 e. The number of carbonyl (C=O) groups is 2. The Labute approximate surface area is 180 Å². The van der Waals surface area contributed by atoms with Crippen LogP contribution in [0.3, 0.4) is 0 Å². The normalized spacial score (nSPS) is 10.8. The number of fused-ring (bicyclic) bond motifs is 1. The SMILES string of the molecule is CNC(=O)c1ccc(C)c(Nc2ncnn3cc(C(=O)c4ccccc4C)c(C)c23)c1. The van der Waals surface area contributed by atoms with E-state index < -0.39 is 0 Å². The number of hydrogen-bond donors (Lipinski definition) is 2. The number of amides is 1. The molecule has 0 aliphatic heterocycles. The lowest BCUT2D eigenvalue weighted by Gasteiger charge is -2.12. The van der Waals surface area contributed by atoms with Gasteiger partial charge in [0.15, 0.2) is 11.6 Å². The summed E-state index contributed by atoms with van der Waals surface area (Å²) < 4.78 is 1.66. The molecule has 0 saturated heterocycles. The largest absolute Gasteiger partial charge is 0.355 e. The highest BCUT2D eigenvalue weighted by Gasteiger charge is 2.20. The smallest absolute Gasteiger partial charge is 0.251 e. The topological polar surface area (TPSA) is 88.4 Å². The predicted molar refractivity (Wildman–Crippen MR) is 120 cm³/mol. The van der Waals surface area contributed by atoms with Crippen molar-refractivity contribution < 1.29 is 9.59 Å². The third kappa shape index (κ3) is 3.66. The van der Waals surface area contributed by atoms with Crippen LogP contribution in [0.1, 0.15) is 43.0 Å². The lowest BCUT2D eigenvalue weighted by molar-refractivity contribution is 0.0962. The summed E-state index contributed by atoms with van der Waals surface area (Å²) in [7, 11) is 1.60. The number of carbonyl (C=O) groups excluding carboxylic acids is 2. The maximum Gasteiger partial charge on any atom is 0.251 e. The molecule has 0 bridgehead atoms. The van der Waals surface area contributed by atoms with Gasteiger partial charge in [0.25, 0.3) is 5.91 Å². The number of aryl methyl sites for hydroxylation is 3. The summed E-state index contributed by atoms with van der Waals surface area (Å²) in [5.41, 5.74) is 5.93. The molecule has 31 heavy (non-hydrogen) atoms. The van der Waals surface area contributed by atoms with Crippen LogP contribution in [0.4, 0.5) is 11.5 Å². The van der Waals surface area contributed by atoms with Crippen molar-refractivity contribution in [1.82, 2.24) is 19.9 Å². The van der Waals surface area contributed by atoms with Gasteiger partial charge in [0.2, 0.25) is 0 Å². The Balaban J connectivity index is 1.79. The second-order valence-corrected chi connectivity index (χ2v) is 7.45. The molecule has 0 spiro atoms. The first-order chi connectivity index (χ1) is 14.9. The number of rotatable bonds is 5. The summed E-state index contributed by atoms with van der Waals surface area (Å²) >= 11 is 0. The van der Waals surface area contributed by atoms with Gasteiger partial charge in [-0.25, -0.2) is 9.50 Å². The van der Waals surface area contributed by atoms with E-state index >= 15 is 0 Å². The monoisotopic (exact) mass is 413 g/mol. The van der Waals surface area contributed by atoms with Crippen molar-refractivity contribution in [3.8, 4) is 0 Å². The first-order valence-corrected chi connectivity index (χ1v) is 9.93. The summed E-state index contributed by atoms with van der Waals surface area (Å²) in [4.78, 5) is 29.6. The maximum absolute atomic E-state index is 13.2. The Kier molecular flexibility index (Phi) is 5.25. The van der Waals surface area contributed by atoms with E-state index in [-0.39, 0.29) is 11.7 Å². The highest BCUT2D eigenvalue weighted by atomic mass is 16.1. The zero-order chi connectivity index (χ0) is 22.1. The molecule has 0 saturated carbocycles. The van der Waals surface area contributed by atoms with Gasteiger partial charge in [-0.05, 0) is 49.6 Å². The molecule has 2 N–H and O–H groups in total. The lowest BCUT2D eigenvalue weighted by atomic mass is 9.98. The molecule has 0 aliphatic carbocycles. The minimum atomic E-state index is -0.166. The maximum atomic E-state index is 13.2. The highest BCUT2D eigenvalue weighted by Crippen LogP contribution is 2.29. The van der Waals surface area contributed by atoms with Gasteiger partial charge in [0.05, 0.1) is 0 Å². The Hall–Kier alpha value is -4.00. The zero-order valence-corrected chi connectivity index (χ0v) is 17.9. The van der Waals surface area contributed by atoms with Crippen molar-refractivity contribution in [1.29, 1.82) is 0 Å². The van der Waals surface area contributed by atoms with Gasteiger partial charge >= 0.3 is 0 Å². The molecule has 156 valence electrons. The molecular formula is C24H23N5O2. The standard InChI is InChI=1S/C24H23N5O2/c1-14-7-5-6-8-18(14)22(30)19-12-29-21(16(19)3)23(26-13-27-29)28-20-11-17(24(31)25-4)10-9-15(20)2/h5-13H,1-4H3,(H,25,31)(H,26,27,28). The molecule has 7 nitrogen and oxygen atoms in total. The van der Waals surface area contributed by atoms with Gasteiger partial charge in [-0.15, -0.1) is 0 Å². The molecular weight excluding hydrogens is 390 g/mol. The van der Waals surface area contributed by atoms with Gasteiger partial charge in [-0.2, -0.15) is 5.10 Å². The predicted octanol–water partition coefficient (Wildman–Crippen LogP) is 3.99. The van der Waals surface area contributed by atoms with Crippen molar-refractivity contribution >= 4 is 28.7 Å².